The van der Waals surface area contributed by atoms with Crippen LogP contribution in [0.25, 0.3) is 0 Å². The van der Waals surface area contributed by atoms with Crippen molar-refractivity contribution in [3.05, 3.63) is 29.3 Å². The number of nitrogens with one attached hydrogen (secondary N) is 1. The fourth-order valence-corrected chi connectivity index (χ4v) is 5.36. The molecule has 1 N–H and O–H groups in total. The van der Waals surface area contributed by atoms with E-state index in [-0.39, 0.29) is 19.6 Å². The van der Waals surface area contributed by atoms with Crippen LogP contribution in [0.1, 0.15) is 70.4 Å². The molecule has 1 unspecified atom stereocenters. The molecule has 3 heterocycles. The van der Waals surface area contributed by atoms with E-state index in [9.17, 15) is 19.2 Å². The number of ether oxygens (including phenoxy) is 4. The van der Waals surface area contributed by atoms with Crippen molar-refractivity contribution in [2.75, 3.05) is 26.9 Å². The number of cyclic esters (lactones) is 1. The van der Waals surface area contributed by atoms with E-state index in [1.165, 1.54) is 12.0 Å². The minimum absolute atomic E-state index is 0.00637. The number of benzene rings is 1. The van der Waals surface area contributed by atoms with Crippen LogP contribution in [0.15, 0.2) is 18.2 Å². The van der Waals surface area contributed by atoms with E-state index in [0.29, 0.717) is 26.1 Å². The summed E-state index contributed by atoms with van der Waals surface area (Å²) in [4.78, 5) is 55.1. The fraction of sp³-hybridized carbons (Fsp3) is 0.655. The van der Waals surface area contributed by atoms with Crippen LogP contribution < -0.4 is 10.1 Å². The first-order valence-corrected chi connectivity index (χ1v) is 14.1. The molecule has 0 radical (unpaired) electrons. The smallest absolute Gasteiger partial charge is 0.410 e. The van der Waals surface area contributed by atoms with E-state index in [4.69, 9.17) is 18.9 Å². The van der Waals surface area contributed by atoms with Crippen LogP contribution in [-0.2, 0) is 36.9 Å². The zero-order valence-electron chi connectivity index (χ0n) is 23.9. The van der Waals surface area contributed by atoms with Gasteiger partial charge in [-0.05, 0) is 41.5 Å². The van der Waals surface area contributed by atoms with Gasteiger partial charge >= 0.3 is 18.2 Å². The summed E-state index contributed by atoms with van der Waals surface area (Å²) in [6, 6.07) is 3.95. The average molecular weight is 560 g/mol. The number of esters is 1. The molecule has 1 aromatic carbocycles. The zero-order chi connectivity index (χ0) is 28.9. The van der Waals surface area contributed by atoms with E-state index in [1.54, 1.807) is 4.90 Å². The van der Waals surface area contributed by atoms with Gasteiger partial charge in [-0.1, -0.05) is 46.1 Å². The molecule has 11 heteroatoms. The summed E-state index contributed by atoms with van der Waals surface area (Å²) in [7, 11) is 1.25. The van der Waals surface area contributed by atoms with E-state index >= 15 is 0 Å². The quantitative estimate of drug-likeness (QED) is 0.408. The summed E-state index contributed by atoms with van der Waals surface area (Å²) in [5.41, 5.74) is 1.35. The van der Waals surface area contributed by atoms with E-state index in [0.717, 1.165) is 42.6 Å². The molecule has 220 valence electrons. The number of nitrogens with zero attached hydrogens (tertiary/aromatic N) is 2. The van der Waals surface area contributed by atoms with E-state index < -0.39 is 47.7 Å². The number of carbonyl (C=O) groups excluding carboxylic acids is 4. The third-order valence-electron chi connectivity index (χ3n) is 7.61. The molecule has 0 saturated carbocycles. The molecule has 0 spiro atoms. The first-order valence-electron chi connectivity index (χ1n) is 14.1. The van der Waals surface area contributed by atoms with Crippen molar-refractivity contribution < 1.29 is 38.1 Å². The Morgan fingerprint density at radius 2 is 1.65 bits per heavy atom. The number of rotatable bonds is 1. The maximum Gasteiger partial charge on any atom is 0.410 e. The number of carbonyl (C=O) groups is 4. The number of fused-ring (bicyclic) bond motifs is 4. The molecule has 5 bridgehead atoms. The lowest BCUT2D eigenvalue weighted by Crippen LogP contribution is -2.57. The number of methoxy groups -OCH3 is 1. The average Bonchev–Trinajstić information content (AvgIpc) is 3.53. The maximum absolute atomic E-state index is 13.8. The van der Waals surface area contributed by atoms with E-state index in [1.807, 2.05) is 39.0 Å². The standard InChI is InChI=1S/C29H41N3O8/c1-29(2,3)24-25(33)32-18-22(15-23(32)26(34)37-4)40-28(36)31-16-19-10-11-21(14-20(19)17-31)38-12-8-6-5-7-9-13-39-27(35)30-24/h10-11,14,22-24H,5-9,12-13,15-18H2,1-4H3,(H,30,35)/t22?,23-,24+/m0/s1. The number of hydrogen-bond donors (Lipinski definition) is 1. The van der Waals surface area contributed by atoms with E-state index in [2.05, 4.69) is 5.32 Å². The lowest BCUT2D eigenvalue weighted by atomic mass is 9.85. The van der Waals surface area contributed by atoms with Crippen LogP contribution in [0, 0.1) is 5.41 Å². The second-order valence-corrected chi connectivity index (χ2v) is 11.8. The molecule has 1 saturated heterocycles. The summed E-state index contributed by atoms with van der Waals surface area (Å²) in [5.74, 6) is -0.298. The SMILES string of the molecule is COC(=O)[C@@H]1CC2CN1C(=O)[C@H](C(C)(C)C)NC(=O)OCCCCCCCOc1ccc3c(c1)CN(C3)C(=O)O2. The normalized spacial score (nSPS) is 25.1. The Labute approximate surface area is 235 Å². The molecular formula is C29H41N3O8. The summed E-state index contributed by atoms with van der Waals surface area (Å²) in [5, 5.41) is 2.70. The molecular weight excluding hydrogens is 518 g/mol. The Kier molecular flexibility index (Phi) is 9.42. The maximum atomic E-state index is 13.8. The largest absolute Gasteiger partial charge is 0.494 e. The predicted molar refractivity (Wildman–Crippen MR) is 144 cm³/mol. The Bertz CT molecular complexity index is 1100. The molecule has 3 aliphatic rings. The molecule has 0 aliphatic carbocycles. The number of hydrogen-bond acceptors (Lipinski definition) is 8. The first kappa shape index (κ1) is 29.5. The summed E-state index contributed by atoms with van der Waals surface area (Å²) >= 11 is 0. The molecule has 1 aromatic rings. The van der Waals surface area contributed by atoms with Crippen molar-refractivity contribution >= 4 is 24.1 Å². The second kappa shape index (κ2) is 12.8. The topological polar surface area (TPSA) is 124 Å². The van der Waals surface area contributed by atoms with Crippen LogP contribution in [0.5, 0.6) is 5.75 Å². The highest BCUT2D eigenvalue weighted by atomic mass is 16.6. The minimum atomic E-state index is -0.967. The second-order valence-electron chi connectivity index (χ2n) is 11.8. The van der Waals surface area contributed by atoms with Gasteiger partial charge < -0.3 is 29.2 Å². The Morgan fingerprint density at radius 3 is 2.35 bits per heavy atom. The van der Waals surface area contributed by atoms with Crippen LogP contribution in [0.2, 0.25) is 0 Å². The molecule has 3 aliphatic heterocycles. The third-order valence-corrected chi connectivity index (χ3v) is 7.61. The highest BCUT2D eigenvalue weighted by molar-refractivity contribution is 5.91. The fourth-order valence-electron chi connectivity index (χ4n) is 5.36. The summed E-state index contributed by atoms with van der Waals surface area (Å²) in [6.45, 7) is 7.11. The molecule has 0 aromatic heterocycles. The molecule has 11 nitrogen and oxygen atoms in total. The molecule has 40 heavy (non-hydrogen) atoms. The van der Waals surface area contributed by atoms with Crippen molar-refractivity contribution in [2.24, 2.45) is 5.41 Å². The van der Waals surface area contributed by atoms with Gasteiger partial charge in [-0.25, -0.2) is 14.4 Å². The van der Waals surface area contributed by atoms with Gasteiger partial charge in [0.15, 0.2) is 0 Å². The lowest BCUT2D eigenvalue weighted by Gasteiger charge is -2.34. The minimum Gasteiger partial charge on any atom is -0.494 e. The Balaban J connectivity index is 1.53. The van der Waals surface area contributed by atoms with Crippen molar-refractivity contribution in [2.45, 2.75) is 90.6 Å². The first-order chi connectivity index (χ1) is 19.1. The number of amides is 3. The molecule has 3 amide bonds. The van der Waals surface area contributed by atoms with Gasteiger partial charge in [0.1, 0.15) is 23.9 Å². The number of alkyl carbamates (subject to hydrolysis) is 1. The van der Waals surface area contributed by atoms with Gasteiger partial charge in [-0.3, -0.25) is 9.69 Å². The Hall–Kier alpha value is -3.50. The monoisotopic (exact) mass is 559 g/mol. The molecule has 1 fully saturated rings. The van der Waals surface area contributed by atoms with Crippen molar-refractivity contribution in [3.8, 4) is 5.75 Å². The summed E-state index contributed by atoms with van der Waals surface area (Å²) < 4.78 is 22.0. The highest BCUT2D eigenvalue weighted by Crippen LogP contribution is 2.31. The highest BCUT2D eigenvalue weighted by Gasteiger charge is 2.47. The van der Waals surface area contributed by atoms with Gasteiger partial charge in [0.25, 0.3) is 0 Å². The Morgan fingerprint density at radius 1 is 0.975 bits per heavy atom. The van der Waals surface area contributed by atoms with Crippen molar-refractivity contribution in [1.82, 2.24) is 15.1 Å². The van der Waals surface area contributed by atoms with Crippen LogP contribution in [0.3, 0.4) is 0 Å². The lowest BCUT2D eigenvalue weighted by molar-refractivity contribution is -0.152. The van der Waals surface area contributed by atoms with Gasteiger partial charge in [-0.15, -0.1) is 0 Å². The van der Waals surface area contributed by atoms with Crippen LogP contribution in [0.4, 0.5) is 9.59 Å². The van der Waals surface area contributed by atoms with Crippen molar-refractivity contribution in [3.63, 3.8) is 0 Å². The molecule has 4 rings (SSSR count). The van der Waals surface area contributed by atoms with Gasteiger partial charge in [0.2, 0.25) is 5.91 Å². The van der Waals surface area contributed by atoms with Gasteiger partial charge in [0.05, 0.1) is 26.9 Å². The molecule has 3 atom stereocenters. The van der Waals surface area contributed by atoms with Crippen LogP contribution >= 0.6 is 0 Å². The summed E-state index contributed by atoms with van der Waals surface area (Å²) in [6.07, 6.45) is 2.71. The van der Waals surface area contributed by atoms with Crippen molar-refractivity contribution in [1.29, 1.82) is 0 Å². The van der Waals surface area contributed by atoms with Gasteiger partial charge in [0, 0.05) is 19.5 Å². The van der Waals surface area contributed by atoms with Crippen LogP contribution in [-0.4, -0.2) is 78.9 Å². The zero-order valence-corrected chi connectivity index (χ0v) is 23.9. The third kappa shape index (κ3) is 7.17. The van der Waals surface area contributed by atoms with Gasteiger partial charge in [-0.2, -0.15) is 0 Å². The predicted octanol–water partition coefficient (Wildman–Crippen LogP) is 3.77.